The number of para-hydroxylation sites is 3. The number of hydrogen-bond acceptors (Lipinski definition) is 2. The highest BCUT2D eigenvalue weighted by atomic mass is 15.0. The van der Waals surface area contributed by atoms with Gasteiger partial charge in [0.1, 0.15) is 6.07 Å². The Kier molecular flexibility index (Phi) is 6.56. The summed E-state index contributed by atoms with van der Waals surface area (Å²) in [5.74, 6) is 0. The lowest BCUT2D eigenvalue weighted by Crippen LogP contribution is -1.99. The van der Waals surface area contributed by atoms with Gasteiger partial charge in [-0.25, -0.2) is 4.85 Å². The summed E-state index contributed by atoms with van der Waals surface area (Å²) in [5.41, 5.74) is 11.2. The molecule has 9 rings (SSSR count). The predicted molar refractivity (Wildman–Crippen MR) is 202 cm³/mol. The van der Waals surface area contributed by atoms with Gasteiger partial charge in [-0.2, -0.15) is 10.5 Å². The van der Waals surface area contributed by atoms with Crippen molar-refractivity contribution in [2.24, 2.45) is 0 Å². The van der Waals surface area contributed by atoms with Gasteiger partial charge in [0.2, 0.25) is 0 Å². The summed E-state index contributed by atoms with van der Waals surface area (Å²) in [7, 11) is 0. The highest BCUT2D eigenvalue weighted by Gasteiger charge is 2.20. The Hall–Kier alpha value is -7.39. The smallest absolute Gasteiger partial charge is 0.189 e. The van der Waals surface area contributed by atoms with E-state index in [0.29, 0.717) is 16.8 Å². The molecule has 0 N–H and O–H groups in total. The average Bonchev–Trinajstić information content (AvgIpc) is 3.70. The second-order valence-corrected chi connectivity index (χ2v) is 12.3. The van der Waals surface area contributed by atoms with Crippen LogP contribution in [0.1, 0.15) is 11.1 Å². The van der Waals surface area contributed by atoms with E-state index in [2.05, 4.69) is 86.8 Å². The van der Waals surface area contributed by atoms with Crippen molar-refractivity contribution in [3.8, 4) is 45.8 Å². The van der Waals surface area contributed by atoms with E-state index >= 15 is 0 Å². The molecule has 2 aromatic heterocycles. The van der Waals surface area contributed by atoms with Crippen LogP contribution in [0.2, 0.25) is 0 Å². The zero-order valence-electron chi connectivity index (χ0n) is 26.7. The van der Waals surface area contributed by atoms with Crippen molar-refractivity contribution in [2.45, 2.75) is 0 Å². The predicted octanol–water partition coefficient (Wildman–Crippen LogP) is 11.5. The summed E-state index contributed by atoms with van der Waals surface area (Å²) >= 11 is 0. The van der Waals surface area contributed by atoms with Crippen molar-refractivity contribution in [3.63, 3.8) is 0 Å². The van der Waals surface area contributed by atoms with Crippen molar-refractivity contribution in [1.29, 1.82) is 10.5 Å². The second kappa shape index (κ2) is 11.4. The molecule has 0 unspecified atom stereocenters. The zero-order valence-corrected chi connectivity index (χ0v) is 26.7. The van der Waals surface area contributed by atoms with Gasteiger partial charge in [0.15, 0.2) is 5.69 Å². The van der Waals surface area contributed by atoms with E-state index < -0.39 is 0 Å². The van der Waals surface area contributed by atoms with Crippen LogP contribution in [0, 0.1) is 29.2 Å². The summed E-state index contributed by atoms with van der Waals surface area (Å²) in [4.78, 5) is 3.77. The van der Waals surface area contributed by atoms with E-state index in [1.165, 1.54) is 0 Å². The Labute approximate surface area is 288 Å². The Balaban J connectivity index is 1.21. The molecule has 230 valence electrons. The van der Waals surface area contributed by atoms with E-state index in [1.54, 1.807) is 0 Å². The molecule has 0 atom stereocenters. The molecule has 0 fully saturated rings. The lowest BCUT2D eigenvalue weighted by Gasteiger charge is -2.17. The number of fused-ring (bicyclic) bond motifs is 6. The molecular formula is C45H25N5. The van der Waals surface area contributed by atoms with Gasteiger partial charge in [-0.3, -0.25) is 0 Å². The van der Waals surface area contributed by atoms with Crippen LogP contribution < -0.4 is 0 Å². The molecule has 0 aliphatic rings. The standard InChI is InChI=1S/C45H25N5/c1-48-31-20-23-38(45(26-31)50-42-15-6-2-9-35(42)36-10-3-7-16-43(36)50)34-13-8-12-33(40(34)28-47)30-18-21-32(22-19-30)49-41-14-5-4-11-37(41)39-25-29(27-46)17-24-44(39)49/h2-26H. The number of aromatic nitrogens is 2. The van der Waals surface area contributed by atoms with Crippen LogP contribution in [0.15, 0.2) is 152 Å². The van der Waals surface area contributed by atoms with Crippen molar-refractivity contribution < 1.29 is 0 Å². The molecule has 9 aromatic rings. The first-order valence-electron chi connectivity index (χ1n) is 16.3. The van der Waals surface area contributed by atoms with Crippen molar-refractivity contribution in [1.82, 2.24) is 9.13 Å². The summed E-state index contributed by atoms with van der Waals surface area (Å²) in [6.07, 6.45) is 0. The Morgan fingerprint density at radius 1 is 0.480 bits per heavy atom. The van der Waals surface area contributed by atoms with Gasteiger partial charge in [-0.1, -0.05) is 97.1 Å². The Morgan fingerprint density at radius 3 is 1.72 bits per heavy atom. The van der Waals surface area contributed by atoms with Gasteiger partial charge in [-0.05, 0) is 60.2 Å². The third-order valence-corrected chi connectivity index (χ3v) is 9.64. The molecular weight excluding hydrogens is 611 g/mol. The first-order chi connectivity index (χ1) is 24.7. The van der Waals surface area contributed by atoms with Crippen LogP contribution in [-0.2, 0) is 0 Å². The monoisotopic (exact) mass is 635 g/mol. The summed E-state index contributed by atoms with van der Waals surface area (Å²) < 4.78 is 4.43. The van der Waals surface area contributed by atoms with Crippen molar-refractivity contribution >= 4 is 49.3 Å². The fourth-order valence-electron chi connectivity index (χ4n) is 7.43. The maximum absolute atomic E-state index is 10.7. The van der Waals surface area contributed by atoms with Gasteiger partial charge < -0.3 is 9.13 Å². The van der Waals surface area contributed by atoms with Crippen LogP contribution in [0.3, 0.4) is 0 Å². The number of rotatable bonds is 4. The lowest BCUT2D eigenvalue weighted by atomic mass is 9.91. The van der Waals surface area contributed by atoms with Gasteiger partial charge in [0, 0.05) is 49.6 Å². The second-order valence-electron chi connectivity index (χ2n) is 12.3. The molecule has 0 amide bonds. The van der Waals surface area contributed by atoms with E-state index in [9.17, 15) is 10.5 Å². The van der Waals surface area contributed by atoms with Crippen LogP contribution in [-0.4, -0.2) is 9.13 Å². The molecule has 0 aliphatic carbocycles. The molecule has 0 aliphatic heterocycles. The molecule has 2 heterocycles. The average molecular weight is 636 g/mol. The maximum Gasteiger partial charge on any atom is 0.189 e. The number of nitrogens with zero attached hydrogens (tertiary/aromatic N) is 5. The van der Waals surface area contributed by atoms with E-state index in [0.717, 1.165) is 77.2 Å². The molecule has 0 spiro atoms. The molecule has 7 aromatic carbocycles. The fourth-order valence-corrected chi connectivity index (χ4v) is 7.43. The van der Waals surface area contributed by atoms with E-state index in [1.807, 2.05) is 91.0 Å². The van der Waals surface area contributed by atoms with Gasteiger partial charge in [0.25, 0.3) is 0 Å². The number of hydrogen-bond donors (Lipinski definition) is 0. The maximum atomic E-state index is 10.7. The van der Waals surface area contributed by atoms with Crippen LogP contribution in [0.4, 0.5) is 5.69 Å². The van der Waals surface area contributed by atoms with Crippen LogP contribution >= 0.6 is 0 Å². The minimum atomic E-state index is 0.532. The topological polar surface area (TPSA) is 61.8 Å². The fraction of sp³-hybridized carbons (Fsp3) is 0. The SMILES string of the molecule is [C-]#[N+]c1ccc(-c2cccc(-c3ccc(-n4c5ccccc5c5cc(C#N)ccc54)cc3)c2C#N)c(-n2c3ccccc3c3ccccc32)c1. The number of benzene rings is 7. The summed E-state index contributed by atoms with van der Waals surface area (Å²) in [6, 6.07) is 55.5. The molecule has 0 radical (unpaired) electrons. The first kappa shape index (κ1) is 28.8. The van der Waals surface area contributed by atoms with Gasteiger partial charge in [0.05, 0.1) is 45.8 Å². The molecule has 50 heavy (non-hydrogen) atoms. The number of nitriles is 2. The quantitative estimate of drug-likeness (QED) is 0.181. The van der Waals surface area contributed by atoms with Gasteiger partial charge in [-0.15, -0.1) is 0 Å². The van der Waals surface area contributed by atoms with Crippen LogP contribution in [0.5, 0.6) is 0 Å². The minimum absolute atomic E-state index is 0.532. The Bertz CT molecular complexity index is 2900. The normalized spacial score (nSPS) is 11.1. The molecule has 0 saturated heterocycles. The van der Waals surface area contributed by atoms with Crippen molar-refractivity contribution in [3.05, 3.63) is 174 Å². The summed E-state index contributed by atoms with van der Waals surface area (Å²) in [6.45, 7) is 7.82. The summed E-state index contributed by atoms with van der Waals surface area (Å²) in [5, 5.41) is 24.7. The van der Waals surface area contributed by atoms with E-state index in [-0.39, 0.29) is 0 Å². The van der Waals surface area contributed by atoms with E-state index in [4.69, 9.17) is 6.57 Å². The van der Waals surface area contributed by atoms with Gasteiger partial charge >= 0.3 is 0 Å². The Morgan fingerprint density at radius 2 is 1.08 bits per heavy atom. The third-order valence-electron chi connectivity index (χ3n) is 9.64. The highest BCUT2D eigenvalue weighted by Crippen LogP contribution is 2.41. The molecule has 5 heteroatoms. The molecule has 5 nitrogen and oxygen atoms in total. The highest BCUT2D eigenvalue weighted by molar-refractivity contribution is 6.11. The first-order valence-corrected chi connectivity index (χ1v) is 16.3. The largest absolute Gasteiger partial charge is 0.310 e. The zero-order chi connectivity index (χ0) is 33.8. The third kappa shape index (κ3) is 4.31. The minimum Gasteiger partial charge on any atom is -0.310 e. The lowest BCUT2D eigenvalue weighted by molar-refractivity contribution is 1.18. The van der Waals surface area contributed by atoms with Crippen molar-refractivity contribution in [2.75, 3.05) is 0 Å². The van der Waals surface area contributed by atoms with Crippen LogP contribution in [0.25, 0.3) is 82.1 Å². The molecule has 0 saturated carbocycles. The molecule has 0 bridgehead atoms.